The highest BCUT2D eigenvalue weighted by Crippen LogP contribution is 2.23. The SMILES string of the molecule is CC(C)N(C)S(=O)(=O)c1ccc(NCC(=O)Nc2ccc(N3CCCC3=O)cc2)cc1. The summed E-state index contributed by atoms with van der Waals surface area (Å²) < 4.78 is 26.3. The molecule has 1 aliphatic heterocycles. The molecule has 2 aromatic carbocycles. The van der Waals surface area contributed by atoms with E-state index in [1.807, 2.05) is 26.0 Å². The molecule has 0 bridgehead atoms. The maximum Gasteiger partial charge on any atom is 0.243 e. The van der Waals surface area contributed by atoms with Crippen LogP contribution in [0.15, 0.2) is 53.4 Å². The van der Waals surface area contributed by atoms with Crippen LogP contribution in [0.1, 0.15) is 26.7 Å². The minimum Gasteiger partial charge on any atom is -0.376 e. The third-order valence-corrected chi connectivity index (χ3v) is 7.30. The molecule has 31 heavy (non-hydrogen) atoms. The van der Waals surface area contributed by atoms with Crippen LogP contribution in [0.3, 0.4) is 0 Å². The summed E-state index contributed by atoms with van der Waals surface area (Å²) in [6.07, 6.45) is 1.44. The molecule has 2 aromatic rings. The van der Waals surface area contributed by atoms with Crippen LogP contribution in [0.25, 0.3) is 0 Å². The molecule has 2 amide bonds. The van der Waals surface area contributed by atoms with Crippen LogP contribution in [0, 0.1) is 0 Å². The molecule has 2 N–H and O–H groups in total. The number of carbonyl (C=O) groups excluding carboxylic acids is 2. The Bertz CT molecular complexity index is 1030. The van der Waals surface area contributed by atoms with E-state index >= 15 is 0 Å². The number of hydrogen-bond acceptors (Lipinski definition) is 5. The predicted octanol–water partition coefficient (Wildman–Crippen LogP) is 2.89. The zero-order chi connectivity index (χ0) is 22.6. The first-order valence-corrected chi connectivity index (χ1v) is 11.6. The molecule has 0 unspecified atom stereocenters. The van der Waals surface area contributed by atoms with Crippen LogP contribution < -0.4 is 15.5 Å². The minimum absolute atomic E-state index is 0.0321. The van der Waals surface area contributed by atoms with Gasteiger partial charge in [0.2, 0.25) is 21.8 Å². The van der Waals surface area contributed by atoms with Crippen LogP contribution in [0.5, 0.6) is 0 Å². The van der Waals surface area contributed by atoms with Crippen molar-refractivity contribution >= 4 is 38.9 Å². The molecule has 0 aromatic heterocycles. The van der Waals surface area contributed by atoms with Crippen LogP contribution >= 0.6 is 0 Å². The number of anilines is 3. The van der Waals surface area contributed by atoms with Crippen LogP contribution in [0.4, 0.5) is 17.1 Å². The normalized spacial score (nSPS) is 14.4. The Morgan fingerprint density at radius 1 is 1.06 bits per heavy atom. The lowest BCUT2D eigenvalue weighted by atomic mass is 10.2. The molecule has 166 valence electrons. The monoisotopic (exact) mass is 444 g/mol. The molecular weight excluding hydrogens is 416 g/mol. The summed E-state index contributed by atoms with van der Waals surface area (Å²) >= 11 is 0. The van der Waals surface area contributed by atoms with Gasteiger partial charge in [0, 0.05) is 43.1 Å². The van der Waals surface area contributed by atoms with Crippen LogP contribution in [0.2, 0.25) is 0 Å². The van der Waals surface area contributed by atoms with Gasteiger partial charge in [-0.25, -0.2) is 8.42 Å². The first kappa shape index (κ1) is 22.8. The Balaban J connectivity index is 1.53. The quantitative estimate of drug-likeness (QED) is 0.652. The summed E-state index contributed by atoms with van der Waals surface area (Å²) in [6.45, 7) is 4.38. The Kier molecular flexibility index (Phi) is 6.97. The van der Waals surface area contributed by atoms with Crippen molar-refractivity contribution in [1.29, 1.82) is 0 Å². The van der Waals surface area contributed by atoms with Gasteiger partial charge in [-0.2, -0.15) is 4.31 Å². The van der Waals surface area contributed by atoms with Crippen molar-refractivity contribution in [2.45, 2.75) is 37.6 Å². The van der Waals surface area contributed by atoms with Crippen molar-refractivity contribution in [3.05, 3.63) is 48.5 Å². The molecule has 1 fully saturated rings. The van der Waals surface area contributed by atoms with Crippen molar-refractivity contribution in [3.8, 4) is 0 Å². The lowest BCUT2D eigenvalue weighted by Gasteiger charge is -2.21. The second kappa shape index (κ2) is 9.49. The third-order valence-electron chi connectivity index (χ3n) is 5.25. The Morgan fingerprint density at radius 2 is 1.68 bits per heavy atom. The van der Waals surface area contributed by atoms with E-state index in [4.69, 9.17) is 0 Å². The average Bonchev–Trinajstić information content (AvgIpc) is 3.18. The van der Waals surface area contributed by atoms with Gasteiger partial charge in [0.25, 0.3) is 0 Å². The van der Waals surface area contributed by atoms with E-state index in [1.54, 1.807) is 36.2 Å². The summed E-state index contributed by atoms with van der Waals surface area (Å²) in [5.41, 5.74) is 2.11. The second-order valence-corrected chi connectivity index (χ2v) is 9.73. The van der Waals surface area contributed by atoms with Crippen molar-refractivity contribution in [2.75, 3.05) is 35.7 Å². The molecule has 8 nitrogen and oxygen atoms in total. The highest BCUT2D eigenvalue weighted by Gasteiger charge is 2.23. The molecule has 1 saturated heterocycles. The minimum atomic E-state index is -3.54. The fourth-order valence-electron chi connectivity index (χ4n) is 3.22. The van der Waals surface area contributed by atoms with E-state index in [0.29, 0.717) is 17.8 Å². The number of amides is 2. The van der Waals surface area contributed by atoms with E-state index in [-0.39, 0.29) is 29.3 Å². The second-order valence-electron chi connectivity index (χ2n) is 7.74. The van der Waals surface area contributed by atoms with Gasteiger partial charge in [0.1, 0.15) is 0 Å². The molecule has 3 rings (SSSR count). The highest BCUT2D eigenvalue weighted by molar-refractivity contribution is 7.89. The van der Waals surface area contributed by atoms with Crippen molar-refractivity contribution in [3.63, 3.8) is 0 Å². The lowest BCUT2D eigenvalue weighted by Crippen LogP contribution is -2.33. The summed E-state index contributed by atoms with van der Waals surface area (Å²) in [5.74, 6) is -0.114. The lowest BCUT2D eigenvalue weighted by molar-refractivity contribution is -0.117. The number of nitrogens with one attached hydrogen (secondary N) is 2. The highest BCUT2D eigenvalue weighted by atomic mass is 32.2. The molecule has 9 heteroatoms. The van der Waals surface area contributed by atoms with E-state index in [0.717, 1.165) is 18.7 Å². The van der Waals surface area contributed by atoms with E-state index < -0.39 is 10.0 Å². The summed E-state index contributed by atoms with van der Waals surface area (Å²) in [5, 5.41) is 5.78. The largest absolute Gasteiger partial charge is 0.376 e. The molecule has 0 spiro atoms. The first-order valence-electron chi connectivity index (χ1n) is 10.2. The van der Waals surface area contributed by atoms with Gasteiger partial charge >= 0.3 is 0 Å². The maximum absolute atomic E-state index is 12.5. The van der Waals surface area contributed by atoms with Gasteiger partial charge in [0.15, 0.2) is 0 Å². The van der Waals surface area contributed by atoms with Gasteiger partial charge in [-0.3, -0.25) is 9.59 Å². The topological polar surface area (TPSA) is 98.8 Å². The standard InChI is InChI=1S/C22H28N4O4S/c1-16(2)25(3)31(29,30)20-12-8-17(9-13-20)23-15-21(27)24-18-6-10-19(11-7-18)26-14-4-5-22(26)28/h6-13,16,23H,4-5,14-15H2,1-3H3,(H,24,27). The Hall–Kier alpha value is -2.91. The summed E-state index contributed by atoms with van der Waals surface area (Å²) in [6, 6.07) is 13.3. The Labute approximate surface area is 183 Å². The molecule has 0 saturated carbocycles. The van der Waals surface area contributed by atoms with Crippen molar-refractivity contribution < 1.29 is 18.0 Å². The molecular formula is C22H28N4O4S. The van der Waals surface area contributed by atoms with E-state index in [1.165, 1.54) is 16.4 Å². The van der Waals surface area contributed by atoms with Crippen LogP contribution in [-0.2, 0) is 19.6 Å². The van der Waals surface area contributed by atoms with Gasteiger partial charge in [-0.05, 0) is 68.8 Å². The summed E-state index contributed by atoms with van der Waals surface area (Å²) in [7, 11) is -1.99. The number of hydrogen-bond donors (Lipinski definition) is 2. The summed E-state index contributed by atoms with van der Waals surface area (Å²) in [4.78, 5) is 26.0. The third kappa shape index (κ3) is 5.42. The zero-order valence-corrected chi connectivity index (χ0v) is 18.8. The molecule has 0 radical (unpaired) electrons. The van der Waals surface area contributed by atoms with Gasteiger partial charge in [0.05, 0.1) is 11.4 Å². The van der Waals surface area contributed by atoms with Crippen LogP contribution in [-0.4, -0.2) is 50.7 Å². The first-order chi connectivity index (χ1) is 14.7. The fraction of sp³-hybridized carbons (Fsp3) is 0.364. The van der Waals surface area contributed by atoms with Gasteiger partial charge in [-0.15, -0.1) is 0 Å². The van der Waals surface area contributed by atoms with E-state index in [2.05, 4.69) is 10.6 Å². The van der Waals surface area contributed by atoms with Gasteiger partial charge in [-0.1, -0.05) is 0 Å². The number of nitrogens with zero attached hydrogens (tertiary/aromatic N) is 2. The predicted molar refractivity (Wildman–Crippen MR) is 122 cm³/mol. The number of sulfonamides is 1. The molecule has 0 aliphatic carbocycles. The van der Waals surface area contributed by atoms with Crippen molar-refractivity contribution in [2.24, 2.45) is 0 Å². The average molecular weight is 445 g/mol. The van der Waals surface area contributed by atoms with Crippen molar-refractivity contribution in [1.82, 2.24) is 4.31 Å². The zero-order valence-electron chi connectivity index (χ0n) is 18.0. The van der Waals surface area contributed by atoms with E-state index in [9.17, 15) is 18.0 Å². The molecule has 1 aliphatic rings. The molecule has 0 atom stereocenters. The number of benzene rings is 2. The smallest absolute Gasteiger partial charge is 0.243 e. The number of rotatable bonds is 8. The fourth-order valence-corrected chi connectivity index (χ4v) is 4.59. The maximum atomic E-state index is 12.5. The Morgan fingerprint density at radius 3 is 2.23 bits per heavy atom. The molecule has 1 heterocycles. The van der Waals surface area contributed by atoms with Gasteiger partial charge < -0.3 is 15.5 Å². The number of carbonyl (C=O) groups is 2.